The minimum atomic E-state index is -0.108. The molecule has 1 aliphatic heterocycles. The Morgan fingerprint density at radius 1 is 1.03 bits per heavy atom. The van der Waals surface area contributed by atoms with E-state index in [9.17, 15) is 9.59 Å². The van der Waals surface area contributed by atoms with Gasteiger partial charge in [-0.3, -0.25) is 4.79 Å². The number of urea groups is 1. The number of likely N-dealkylation sites (tertiary alicyclic amines) is 1. The summed E-state index contributed by atoms with van der Waals surface area (Å²) < 4.78 is 5.28. The number of aryl methyl sites for hydroxylation is 1. The summed E-state index contributed by atoms with van der Waals surface area (Å²) in [7, 11) is 1.59. The van der Waals surface area contributed by atoms with Crippen molar-refractivity contribution >= 4 is 17.6 Å². The molecule has 0 unspecified atom stereocenters. The Morgan fingerprint density at radius 2 is 1.73 bits per heavy atom. The zero-order valence-electron chi connectivity index (χ0n) is 17.6. The van der Waals surface area contributed by atoms with Crippen LogP contribution in [-0.4, -0.2) is 43.6 Å². The maximum absolute atomic E-state index is 12.5. The Balaban J connectivity index is 1.33. The first-order valence-electron chi connectivity index (χ1n) is 10.7. The van der Waals surface area contributed by atoms with Gasteiger partial charge < -0.3 is 20.3 Å². The van der Waals surface area contributed by atoms with E-state index in [1.54, 1.807) is 7.11 Å². The lowest BCUT2D eigenvalue weighted by Crippen LogP contribution is -2.43. The molecule has 2 aromatic carbocycles. The lowest BCUT2D eigenvalue weighted by Gasteiger charge is -2.32. The highest BCUT2D eigenvalue weighted by Gasteiger charge is 2.23. The van der Waals surface area contributed by atoms with Crippen molar-refractivity contribution < 1.29 is 14.3 Å². The first kappa shape index (κ1) is 21.7. The minimum absolute atomic E-state index is 0.108. The molecule has 0 saturated carbocycles. The van der Waals surface area contributed by atoms with Crippen LogP contribution in [-0.2, 0) is 11.2 Å². The lowest BCUT2D eigenvalue weighted by atomic mass is 9.97. The van der Waals surface area contributed by atoms with Gasteiger partial charge in [0.25, 0.3) is 0 Å². The number of methoxy groups -OCH3 is 1. The van der Waals surface area contributed by atoms with E-state index in [4.69, 9.17) is 4.74 Å². The van der Waals surface area contributed by atoms with Crippen LogP contribution < -0.4 is 15.4 Å². The minimum Gasteiger partial charge on any atom is -0.495 e. The van der Waals surface area contributed by atoms with Gasteiger partial charge in [0.15, 0.2) is 0 Å². The van der Waals surface area contributed by atoms with Crippen LogP contribution in [0.4, 0.5) is 10.5 Å². The van der Waals surface area contributed by atoms with E-state index in [2.05, 4.69) is 22.8 Å². The van der Waals surface area contributed by atoms with Crippen molar-refractivity contribution in [2.75, 3.05) is 32.1 Å². The molecular weight excluding hydrogens is 378 g/mol. The van der Waals surface area contributed by atoms with Crippen molar-refractivity contribution in [3.05, 3.63) is 60.2 Å². The van der Waals surface area contributed by atoms with Gasteiger partial charge in [0, 0.05) is 26.1 Å². The maximum Gasteiger partial charge on any atom is 0.321 e. The van der Waals surface area contributed by atoms with Gasteiger partial charge in [-0.05, 0) is 49.3 Å². The highest BCUT2D eigenvalue weighted by molar-refractivity contribution is 5.91. The second kappa shape index (κ2) is 11.2. The Bertz CT molecular complexity index is 817. The van der Waals surface area contributed by atoms with Gasteiger partial charge in [0.05, 0.1) is 12.8 Å². The highest BCUT2D eigenvalue weighted by atomic mass is 16.5. The molecule has 1 aliphatic rings. The zero-order chi connectivity index (χ0) is 21.2. The van der Waals surface area contributed by atoms with Crippen molar-refractivity contribution in [3.63, 3.8) is 0 Å². The van der Waals surface area contributed by atoms with Crippen LogP contribution >= 0.6 is 0 Å². The number of carbonyl (C=O) groups is 2. The van der Waals surface area contributed by atoms with Crippen molar-refractivity contribution in [2.24, 2.45) is 5.92 Å². The molecule has 0 bridgehead atoms. The average molecular weight is 410 g/mol. The SMILES string of the molecule is COc1ccccc1NC(=O)N1CCC(CNC(=O)CCCc2ccccc2)CC1. The van der Waals surface area contributed by atoms with E-state index in [0.717, 1.165) is 25.7 Å². The predicted molar refractivity (Wildman–Crippen MR) is 119 cm³/mol. The number of piperidine rings is 1. The van der Waals surface area contributed by atoms with Crippen LogP contribution in [0.15, 0.2) is 54.6 Å². The van der Waals surface area contributed by atoms with Crippen LogP contribution in [0.2, 0.25) is 0 Å². The first-order chi connectivity index (χ1) is 14.7. The molecule has 3 amide bonds. The third-order valence-electron chi connectivity index (χ3n) is 5.55. The molecular formula is C24H31N3O3. The molecule has 1 saturated heterocycles. The van der Waals surface area contributed by atoms with Crippen molar-refractivity contribution in [3.8, 4) is 5.75 Å². The first-order valence-corrected chi connectivity index (χ1v) is 10.7. The monoisotopic (exact) mass is 409 g/mol. The van der Waals surface area contributed by atoms with Crippen molar-refractivity contribution in [1.82, 2.24) is 10.2 Å². The maximum atomic E-state index is 12.5. The molecule has 0 radical (unpaired) electrons. The molecule has 1 fully saturated rings. The van der Waals surface area contributed by atoms with E-state index >= 15 is 0 Å². The molecule has 2 N–H and O–H groups in total. The van der Waals surface area contributed by atoms with Gasteiger partial charge >= 0.3 is 6.03 Å². The van der Waals surface area contributed by atoms with E-state index in [1.807, 2.05) is 47.4 Å². The number of hydrogen-bond donors (Lipinski definition) is 2. The van der Waals surface area contributed by atoms with Gasteiger partial charge in [0.1, 0.15) is 5.75 Å². The average Bonchev–Trinajstić information content (AvgIpc) is 2.79. The van der Waals surface area contributed by atoms with Crippen molar-refractivity contribution in [1.29, 1.82) is 0 Å². The second-order valence-corrected chi connectivity index (χ2v) is 7.70. The fraction of sp³-hybridized carbons (Fsp3) is 0.417. The quantitative estimate of drug-likeness (QED) is 0.690. The normalized spacial score (nSPS) is 14.2. The molecule has 6 heteroatoms. The van der Waals surface area contributed by atoms with E-state index in [1.165, 1.54) is 5.56 Å². The molecule has 1 heterocycles. The van der Waals surface area contributed by atoms with Gasteiger partial charge in [-0.15, -0.1) is 0 Å². The summed E-state index contributed by atoms with van der Waals surface area (Å²) in [5, 5.41) is 5.99. The third kappa shape index (κ3) is 6.51. The summed E-state index contributed by atoms with van der Waals surface area (Å²) in [6, 6.07) is 17.5. The molecule has 0 atom stereocenters. The Morgan fingerprint density at radius 3 is 2.47 bits per heavy atom. The third-order valence-corrected chi connectivity index (χ3v) is 5.55. The number of ether oxygens (including phenoxy) is 1. The molecule has 0 spiro atoms. The second-order valence-electron chi connectivity index (χ2n) is 7.70. The summed E-state index contributed by atoms with van der Waals surface area (Å²) in [5.74, 6) is 1.18. The number of anilines is 1. The van der Waals surface area contributed by atoms with Crippen LogP contribution in [0.3, 0.4) is 0 Å². The molecule has 0 aromatic heterocycles. The van der Waals surface area contributed by atoms with Crippen LogP contribution in [0.5, 0.6) is 5.75 Å². The number of hydrogen-bond acceptors (Lipinski definition) is 3. The Labute approximate surface area is 178 Å². The highest BCUT2D eigenvalue weighted by Crippen LogP contribution is 2.24. The molecule has 6 nitrogen and oxygen atoms in total. The zero-order valence-corrected chi connectivity index (χ0v) is 17.6. The Kier molecular flexibility index (Phi) is 8.12. The lowest BCUT2D eigenvalue weighted by molar-refractivity contribution is -0.121. The number of rotatable bonds is 8. The van der Waals surface area contributed by atoms with Crippen LogP contribution in [0.1, 0.15) is 31.2 Å². The number of carbonyl (C=O) groups excluding carboxylic acids is 2. The van der Waals surface area contributed by atoms with Crippen LogP contribution in [0, 0.1) is 5.92 Å². The molecule has 160 valence electrons. The molecule has 2 aromatic rings. The van der Waals surface area contributed by atoms with Gasteiger partial charge in [-0.25, -0.2) is 4.79 Å². The van der Waals surface area contributed by atoms with Gasteiger partial charge in [-0.2, -0.15) is 0 Å². The summed E-state index contributed by atoms with van der Waals surface area (Å²) in [6.45, 7) is 2.07. The number of amides is 3. The largest absolute Gasteiger partial charge is 0.495 e. The van der Waals surface area contributed by atoms with E-state index < -0.39 is 0 Å². The molecule has 3 rings (SSSR count). The van der Waals surface area contributed by atoms with Crippen LogP contribution in [0.25, 0.3) is 0 Å². The number of nitrogens with one attached hydrogen (secondary N) is 2. The molecule has 30 heavy (non-hydrogen) atoms. The standard InChI is InChI=1S/C24H31N3O3/c1-30-22-12-6-5-11-21(22)26-24(29)27-16-14-20(15-17-27)18-25-23(28)13-7-10-19-8-3-2-4-9-19/h2-6,8-9,11-12,20H,7,10,13-18H2,1H3,(H,25,28)(H,26,29). The fourth-order valence-corrected chi connectivity index (χ4v) is 3.73. The fourth-order valence-electron chi connectivity index (χ4n) is 3.73. The summed E-state index contributed by atoms with van der Waals surface area (Å²) in [6.07, 6.45) is 4.12. The van der Waals surface area contributed by atoms with Gasteiger partial charge in [0.2, 0.25) is 5.91 Å². The van der Waals surface area contributed by atoms with E-state index in [-0.39, 0.29) is 11.9 Å². The summed E-state index contributed by atoms with van der Waals surface area (Å²) in [4.78, 5) is 26.5. The van der Waals surface area contributed by atoms with Crippen molar-refractivity contribution in [2.45, 2.75) is 32.1 Å². The Hall–Kier alpha value is -3.02. The smallest absolute Gasteiger partial charge is 0.321 e. The van der Waals surface area contributed by atoms with E-state index in [0.29, 0.717) is 43.4 Å². The summed E-state index contributed by atoms with van der Waals surface area (Å²) >= 11 is 0. The molecule has 0 aliphatic carbocycles. The number of benzene rings is 2. The number of para-hydroxylation sites is 2. The number of nitrogens with zero attached hydrogens (tertiary/aromatic N) is 1. The summed E-state index contributed by atoms with van der Waals surface area (Å²) in [5.41, 5.74) is 1.94. The van der Waals surface area contributed by atoms with Gasteiger partial charge in [-0.1, -0.05) is 42.5 Å². The topological polar surface area (TPSA) is 70.7 Å². The predicted octanol–water partition coefficient (Wildman–Crippen LogP) is 4.08.